The van der Waals surface area contributed by atoms with Crippen molar-refractivity contribution in [2.24, 2.45) is 5.11 Å². The van der Waals surface area contributed by atoms with Crippen molar-refractivity contribution in [2.45, 2.75) is 6.42 Å². The van der Waals surface area contributed by atoms with Crippen LogP contribution in [0.1, 0.15) is 12.0 Å². The number of hydrogen-bond donors (Lipinski definition) is 0. The molecule has 4 nitrogen and oxygen atoms in total. The maximum absolute atomic E-state index is 8.08. The highest BCUT2D eigenvalue weighted by molar-refractivity contribution is 6.32. The molecule has 0 saturated heterocycles. The van der Waals surface area contributed by atoms with Crippen LogP contribution < -0.4 is 4.74 Å². The highest BCUT2D eigenvalue weighted by Crippen LogP contribution is 2.25. The van der Waals surface area contributed by atoms with Gasteiger partial charge in [0, 0.05) is 11.5 Å². The molecule has 1 aromatic rings. The lowest BCUT2D eigenvalue weighted by Crippen LogP contribution is -1.84. The Hall–Kier alpha value is -1.64. The van der Waals surface area contributed by atoms with Gasteiger partial charge in [0.25, 0.3) is 0 Å². The van der Waals surface area contributed by atoms with Gasteiger partial charge in [-0.15, -0.1) is 0 Å². The normalized spacial score (nSPS) is 10.1. The standard InChI is InChI=1S/C11H12ClN3O/c1-16-11-8-9(5-6-10(11)12)4-2-3-7-14-15-13/h2,4-6,8H,3,7H2,1H3. The van der Waals surface area contributed by atoms with E-state index in [1.807, 2.05) is 24.3 Å². The monoisotopic (exact) mass is 237 g/mol. The van der Waals surface area contributed by atoms with E-state index in [1.54, 1.807) is 13.2 Å². The fourth-order valence-corrected chi connectivity index (χ4v) is 1.37. The zero-order valence-electron chi connectivity index (χ0n) is 8.93. The first-order valence-electron chi connectivity index (χ1n) is 4.79. The molecule has 16 heavy (non-hydrogen) atoms. The first kappa shape index (κ1) is 12.4. The van der Waals surface area contributed by atoms with E-state index >= 15 is 0 Å². The molecule has 0 spiro atoms. The number of benzene rings is 1. The van der Waals surface area contributed by atoms with Gasteiger partial charge in [-0.25, -0.2) is 0 Å². The first-order chi connectivity index (χ1) is 7.77. The number of nitrogens with zero attached hydrogens (tertiary/aromatic N) is 3. The average Bonchev–Trinajstić information content (AvgIpc) is 2.31. The van der Waals surface area contributed by atoms with Crippen molar-refractivity contribution in [1.82, 2.24) is 0 Å². The predicted molar refractivity (Wildman–Crippen MR) is 65.7 cm³/mol. The maximum atomic E-state index is 8.08. The highest BCUT2D eigenvalue weighted by Gasteiger charge is 1.99. The summed E-state index contributed by atoms with van der Waals surface area (Å²) in [5, 5.41) is 4.03. The molecule has 0 aromatic heterocycles. The minimum absolute atomic E-state index is 0.470. The molecule has 0 radical (unpaired) electrons. The summed E-state index contributed by atoms with van der Waals surface area (Å²) in [5.41, 5.74) is 9.09. The van der Waals surface area contributed by atoms with E-state index in [9.17, 15) is 0 Å². The van der Waals surface area contributed by atoms with Gasteiger partial charge in [-0.05, 0) is 29.6 Å². The molecule has 1 aromatic carbocycles. The van der Waals surface area contributed by atoms with Gasteiger partial charge in [-0.2, -0.15) is 0 Å². The van der Waals surface area contributed by atoms with Crippen molar-refractivity contribution in [3.8, 4) is 5.75 Å². The van der Waals surface area contributed by atoms with Crippen LogP contribution in [0.2, 0.25) is 5.02 Å². The van der Waals surface area contributed by atoms with E-state index in [0.29, 0.717) is 17.3 Å². The number of ether oxygens (including phenoxy) is 1. The largest absolute Gasteiger partial charge is 0.495 e. The van der Waals surface area contributed by atoms with Crippen LogP contribution in [0.15, 0.2) is 29.4 Å². The molecule has 5 heteroatoms. The molecule has 0 atom stereocenters. The summed E-state index contributed by atoms with van der Waals surface area (Å²) in [5.74, 6) is 0.652. The number of rotatable bonds is 5. The molecule has 0 fully saturated rings. The van der Waals surface area contributed by atoms with Crippen molar-refractivity contribution >= 4 is 17.7 Å². The zero-order valence-corrected chi connectivity index (χ0v) is 9.68. The second kappa shape index (κ2) is 6.77. The predicted octanol–water partition coefficient (Wildman–Crippen LogP) is 4.06. The van der Waals surface area contributed by atoms with Gasteiger partial charge in [-0.1, -0.05) is 34.9 Å². The second-order valence-electron chi connectivity index (χ2n) is 3.04. The van der Waals surface area contributed by atoms with Crippen molar-refractivity contribution in [3.05, 3.63) is 45.3 Å². The molecule has 0 aliphatic carbocycles. The Bertz CT molecular complexity index is 425. The summed E-state index contributed by atoms with van der Waals surface area (Å²) in [6.07, 6.45) is 4.60. The Kier molecular flexibility index (Phi) is 5.26. The van der Waals surface area contributed by atoms with E-state index in [1.165, 1.54) is 0 Å². The molecule has 0 heterocycles. The Labute approximate surface area is 99.1 Å². The van der Waals surface area contributed by atoms with Gasteiger partial charge in [0.1, 0.15) is 5.75 Å². The second-order valence-corrected chi connectivity index (χ2v) is 3.45. The topological polar surface area (TPSA) is 58.0 Å². The summed E-state index contributed by atoms with van der Waals surface area (Å²) in [4.78, 5) is 2.67. The number of azide groups is 1. The van der Waals surface area contributed by atoms with Crippen LogP contribution in [0.3, 0.4) is 0 Å². The third kappa shape index (κ3) is 3.85. The molecule has 84 valence electrons. The van der Waals surface area contributed by atoms with Crippen LogP contribution >= 0.6 is 11.6 Å². The molecule has 0 N–H and O–H groups in total. The lowest BCUT2D eigenvalue weighted by atomic mass is 10.2. The van der Waals surface area contributed by atoms with Gasteiger partial charge in [0.05, 0.1) is 12.1 Å². The quantitative estimate of drug-likeness (QED) is 0.330. The average molecular weight is 238 g/mol. The molecule has 0 aliphatic heterocycles. The Balaban J connectivity index is 2.63. The fourth-order valence-electron chi connectivity index (χ4n) is 1.18. The molecule has 1 rings (SSSR count). The SMILES string of the molecule is COc1cc(C=CCCN=[N+]=[N-])ccc1Cl. The van der Waals surface area contributed by atoms with E-state index in [4.69, 9.17) is 21.9 Å². The minimum Gasteiger partial charge on any atom is -0.495 e. The van der Waals surface area contributed by atoms with Crippen LogP contribution in [0.5, 0.6) is 5.75 Å². The third-order valence-corrected chi connectivity index (χ3v) is 2.26. The Morgan fingerprint density at radius 1 is 1.56 bits per heavy atom. The van der Waals surface area contributed by atoms with Gasteiger partial charge >= 0.3 is 0 Å². The van der Waals surface area contributed by atoms with Crippen LogP contribution in [0, 0.1) is 0 Å². The van der Waals surface area contributed by atoms with Crippen molar-refractivity contribution in [2.75, 3.05) is 13.7 Å². The van der Waals surface area contributed by atoms with Gasteiger partial charge in [0.15, 0.2) is 0 Å². The number of methoxy groups -OCH3 is 1. The van der Waals surface area contributed by atoms with Gasteiger partial charge in [0.2, 0.25) is 0 Å². The molecule has 0 unspecified atom stereocenters. The van der Waals surface area contributed by atoms with Gasteiger partial charge < -0.3 is 4.74 Å². The summed E-state index contributed by atoms with van der Waals surface area (Å²) in [6.45, 7) is 0.470. The molecule has 0 amide bonds. The van der Waals surface area contributed by atoms with Crippen LogP contribution in [0.25, 0.3) is 16.5 Å². The first-order valence-corrected chi connectivity index (χ1v) is 5.16. The van der Waals surface area contributed by atoms with Gasteiger partial charge in [-0.3, -0.25) is 0 Å². The molecular weight excluding hydrogens is 226 g/mol. The summed E-state index contributed by atoms with van der Waals surface area (Å²) in [6, 6.07) is 5.54. The van der Waals surface area contributed by atoms with Crippen molar-refractivity contribution in [3.63, 3.8) is 0 Å². The summed E-state index contributed by atoms with van der Waals surface area (Å²) in [7, 11) is 1.58. The summed E-state index contributed by atoms with van der Waals surface area (Å²) >= 11 is 5.89. The molecule has 0 saturated carbocycles. The van der Waals surface area contributed by atoms with Crippen molar-refractivity contribution in [1.29, 1.82) is 0 Å². The minimum atomic E-state index is 0.470. The molecular formula is C11H12ClN3O. The van der Waals surface area contributed by atoms with Crippen LogP contribution in [-0.4, -0.2) is 13.7 Å². The summed E-state index contributed by atoms with van der Waals surface area (Å²) < 4.78 is 5.10. The lowest BCUT2D eigenvalue weighted by Gasteiger charge is -2.03. The smallest absolute Gasteiger partial charge is 0.138 e. The Morgan fingerprint density at radius 2 is 2.38 bits per heavy atom. The van der Waals surface area contributed by atoms with E-state index in [0.717, 1.165) is 12.0 Å². The lowest BCUT2D eigenvalue weighted by molar-refractivity contribution is 0.415. The number of hydrogen-bond acceptors (Lipinski definition) is 2. The fraction of sp³-hybridized carbons (Fsp3) is 0.273. The molecule has 0 bridgehead atoms. The Morgan fingerprint density at radius 3 is 3.06 bits per heavy atom. The van der Waals surface area contributed by atoms with Crippen LogP contribution in [-0.2, 0) is 0 Å². The molecule has 0 aliphatic rings. The third-order valence-electron chi connectivity index (χ3n) is 1.94. The van der Waals surface area contributed by atoms with E-state index < -0.39 is 0 Å². The van der Waals surface area contributed by atoms with E-state index in [2.05, 4.69) is 10.0 Å². The van der Waals surface area contributed by atoms with Crippen LogP contribution in [0.4, 0.5) is 0 Å². The maximum Gasteiger partial charge on any atom is 0.138 e. The highest BCUT2D eigenvalue weighted by atomic mass is 35.5. The zero-order chi connectivity index (χ0) is 11.8. The number of halogens is 1. The van der Waals surface area contributed by atoms with E-state index in [-0.39, 0.29) is 0 Å². The van der Waals surface area contributed by atoms with Crippen molar-refractivity contribution < 1.29 is 4.74 Å².